The van der Waals surface area contributed by atoms with Crippen LogP contribution in [0.4, 0.5) is 5.82 Å². The van der Waals surface area contributed by atoms with Crippen LogP contribution >= 0.6 is 11.6 Å². The lowest BCUT2D eigenvalue weighted by Crippen LogP contribution is -2.50. The summed E-state index contributed by atoms with van der Waals surface area (Å²) in [7, 11) is 0. The van der Waals surface area contributed by atoms with Gasteiger partial charge in [-0.3, -0.25) is 19.3 Å². The third kappa shape index (κ3) is 6.21. The van der Waals surface area contributed by atoms with Gasteiger partial charge >= 0.3 is 0 Å². The van der Waals surface area contributed by atoms with Crippen molar-refractivity contribution in [2.24, 2.45) is 5.92 Å². The normalized spacial score (nSPS) is 14.4. The summed E-state index contributed by atoms with van der Waals surface area (Å²) >= 11 is 6.26. The number of nitriles is 1. The number of hydrogen-bond acceptors (Lipinski definition) is 5. The molecule has 1 aromatic heterocycles. The average Bonchev–Trinajstić information content (AvgIpc) is 3.18. The van der Waals surface area contributed by atoms with Gasteiger partial charge in [-0.05, 0) is 48.7 Å². The standard InChI is InChI=1S/C27H30ClN5O2/c1-19(2)18-35-25-8-7-24(28)13-23(25)16-33-20(3)11-26(30-33)32-10-9-31(17-27(32)34)15-22-6-4-5-21(12-22)14-29/h4-8,11-13,19H,9-10,15-18H2,1-3H3. The maximum Gasteiger partial charge on any atom is 0.242 e. The minimum absolute atomic E-state index is 0.0149. The Kier molecular flexibility index (Phi) is 7.74. The van der Waals surface area contributed by atoms with Crippen molar-refractivity contribution >= 4 is 23.3 Å². The van der Waals surface area contributed by atoms with E-state index in [2.05, 4.69) is 24.8 Å². The first-order chi connectivity index (χ1) is 16.8. The van der Waals surface area contributed by atoms with Gasteiger partial charge < -0.3 is 4.74 Å². The topological polar surface area (TPSA) is 74.4 Å². The molecule has 1 aliphatic rings. The highest BCUT2D eigenvalue weighted by atomic mass is 35.5. The Morgan fingerprint density at radius 1 is 1.14 bits per heavy atom. The van der Waals surface area contributed by atoms with Crippen molar-refractivity contribution in [3.8, 4) is 11.8 Å². The van der Waals surface area contributed by atoms with E-state index in [9.17, 15) is 4.79 Å². The Labute approximate surface area is 211 Å². The van der Waals surface area contributed by atoms with Gasteiger partial charge in [-0.2, -0.15) is 10.4 Å². The van der Waals surface area contributed by atoms with Crippen molar-refractivity contribution in [3.63, 3.8) is 0 Å². The van der Waals surface area contributed by atoms with Crippen LogP contribution in [-0.2, 0) is 17.9 Å². The van der Waals surface area contributed by atoms with Crippen LogP contribution in [-0.4, -0.2) is 46.8 Å². The number of piperazine rings is 1. The number of amides is 1. The van der Waals surface area contributed by atoms with Crippen LogP contribution in [0.1, 0.15) is 36.2 Å². The summed E-state index contributed by atoms with van der Waals surface area (Å²) in [4.78, 5) is 16.8. The molecule has 1 fully saturated rings. The highest BCUT2D eigenvalue weighted by Crippen LogP contribution is 2.26. The maximum atomic E-state index is 13.0. The van der Waals surface area contributed by atoms with Gasteiger partial charge in [0, 0.05) is 42.0 Å². The summed E-state index contributed by atoms with van der Waals surface area (Å²) in [6.07, 6.45) is 0. The number of carbonyl (C=O) groups excluding carboxylic acids is 1. The third-order valence-corrected chi connectivity index (χ3v) is 6.16. The second-order valence-corrected chi connectivity index (χ2v) is 9.76. The number of halogens is 1. The van der Waals surface area contributed by atoms with Crippen LogP contribution in [0, 0.1) is 24.2 Å². The molecule has 2 aromatic carbocycles. The number of nitrogens with zero attached hydrogens (tertiary/aromatic N) is 5. The third-order valence-electron chi connectivity index (χ3n) is 5.92. The van der Waals surface area contributed by atoms with Crippen LogP contribution in [0.15, 0.2) is 48.5 Å². The first-order valence-electron chi connectivity index (χ1n) is 11.8. The summed E-state index contributed by atoms with van der Waals surface area (Å²) < 4.78 is 7.88. The van der Waals surface area contributed by atoms with Crippen molar-refractivity contribution in [1.82, 2.24) is 14.7 Å². The average molecular weight is 492 g/mol. The Hall–Kier alpha value is -3.34. The molecule has 7 nitrogen and oxygen atoms in total. The van der Waals surface area contributed by atoms with Gasteiger partial charge in [0.15, 0.2) is 5.82 Å². The lowest BCUT2D eigenvalue weighted by atomic mass is 10.1. The number of benzene rings is 2. The molecule has 1 saturated heterocycles. The Bertz CT molecular complexity index is 1250. The number of anilines is 1. The summed E-state index contributed by atoms with van der Waals surface area (Å²) in [5.41, 5.74) is 3.57. The molecule has 1 amide bonds. The first kappa shape index (κ1) is 24.8. The molecule has 0 spiro atoms. The van der Waals surface area contributed by atoms with E-state index in [0.717, 1.165) is 29.1 Å². The first-order valence-corrected chi connectivity index (χ1v) is 12.2. The Morgan fingerprint density at radius 2 is 1.97 bits per heavy atom. The Balaban J connectivity index is 1.44. The minimum atomic E-state index is 0.0149. The smallest absolute Gasteiger partial charge is 0.242 e. The predicted octanol–water partition coefficient (Wildman–Crippen LogP) is 4.65. The van der Waals surface area contributed by atoms with Crippen molar-refractivity contribution in [2.75, 3.05) is 31.1 Å². The number of rotatable bonds is 8. The minimum Gasteiger partial charge on any atom is -0.493 e. The van der Waals surface area contributed by atoms with E-state index in [1.165, 1.54) is 0 Å². The molecule has 3 aromatic rings. The van der Waals surface area contributed by atoms with Gasteiger partial charge in [0.2, 0.25) is 5.91 Å². The number of ether oxygens (including phenoxy) is 1. The number of aryl methyl sites for hydroxylation is 1. The highest BCUT2D eigenvalue weighted by molar-refractivity contribution is 6.30. The molecule has 2 heterocycles. The van der Waals surface area contributed by atoms with Crippen LogP contribution in [0.5, 0.6) is 5.75 Å². The van der Waals surface area contributed by atoms with E-state index in [4.69, 9.17) is 26.7 Å². The van der Waals surface area contributed by atoms with Crippen LogP contribution < -0.4 is 9.64 Å². The summed E-state index contributed by atoms with van der Waals surface area (Å²) in [6.45, 7) is 9.57. The molecule has 0 atom stereocenters. The second kappa shape index (κ2) is 10.9. The Morgan fingerprint density at radius 3 is 2.71 bits per heavy atom. The summed E-state index contributed by atoms with van der Waals surface area (Å²) in [6, 6.07) is 17.3. The SMILES string of the molecule is Cc1cc(N2CCN(Cc3cccc(C#N)c3)CC2=O)nn1Cc1cc(Cl)ccc1OCC(C)C. The van der Waals surface area contributed by atoms with Gasteiger partial charge in [0.25, 0.3) is 0 Å². The van der Waals surface area contributed by atoms with E-state index < -0.39 is 0 Å². The van der Waals surface area contributed by atoms with Gasteiger partial charge in [-0.25, -0.2) is 0 Å². The zero-order valence-electron chi connectivity index (χ0n) is 20.4. The monoisotopic (exact) mass is 491 g/mol. The molecule has 0 aliphatic carbocycles. The van der Waals surface area contributed by atoms with Gasteiger partial charge in [0.1, 0.15) is 5.75 Å². The fourth-order valence-electron chi connectivity index (χ4n) is 4.11. The molecule has 0 bridgehead atoms. The second-order valence-electron chi connectivity index (χ2n) is 9.33. The zero-order valence-corrected chi connectivity index (χ0v) is 21.1. The molecule has 0 radical (unpaired) electrons. The number of carbonyl (C=O) groups is 1. The highest BCUT2D eigenvalue weighted by Gasteiger charge is 2.27. The van der Waals surface area contributed by atoms with Crippen molar-refractivity contribution in [3.05, 3.63) is 75.9 Å². The predicted molar refractivity (Wildman–Crippen MR) is 137 cm³/mol. The van der Waals surface area contributed by atoms with Crippen molar-refractivity contribution < 1.29 is 9.53 Å². The lowest BCUT2D eigenvalue weighted by Gasteiger charge is -2.33. The van der Waals surface area contributed by atoms with E-state index in [1.54, 1.807) is 11.0 Å². The molecule has 0 N–H and O–H groups in total. The quantitative estimate of drug-likeness (QED) is 0.458. The van der Waals surface area contributed by atoms with Gasteiger partial charge in [-0.1, -0.05) is 37.6 Å². The largest absolute Gasteiger partial charge is 0.493 e. The van der Waals surface area contributed by atoms with Crippen LogP contribution in [0.2, 0.25) is 5.02 Å². The molecule has 4 rings (SSSR count). The van der Waals surface area contributed by atoms with Crippen LogP contribution in [0.25, 0.3) is 0 Å². The van der Waals surface area contributed by atoms with E-state index in [0.29, 0.717) is 55.1 Å². The molecule has 0 unspecified atom stereocenters. The van der Waals surface area contributed by atoms with Crippen molar-refractivity contribution in [1.29, 1.82) is 5.26 Å². The van der Waals surface area contributed by atoms with E-state index in [1.807, 2.05) is 54.1 Å². The zero-order chi connectivity index (χ0) is 24.9. The number of aromatic nitrogens is 2. The molecule has 35 heavy (non-hydrogen) atoms. The van der Waals surface area contributed by atoms with E-state index >= 15 is 0 Å². The molecular formula is C27H30ClN5O2. The van der Waals surface area contributed by atoms with Crippen molar-refractivity contribution in [2.45, 2.75) is 33.9 Å². The maximum absolute atomic E-state index is 13.0. The molecule has 0 saturated carbocycles. The van der Waals surface area contributed by atoms with Gasteiger partial charge in [-0.15, -0.1) is 0 Å². The summed E-state index contributed by atoms with van der Waals surface area (Å²) in [5, 5.41) is 14.5. The molecular weight excluding hydrogens is 462 g/mol. The molecule has 1 aliphatic heterocycles. The fourth-order valence-corrected chi connectivity index (χ4v) is 4.31. The molecule has 182 valence electrons. The van der Waals surface area contributed by atoms with E-state index in [-0.39, 0.29) is 5.91 Å². The number of hydrogen-bond donors (Lipinski definition) is 0. The molecule has 8 heteroatoms. The van der Waals surface area contributed by atoms with Gasteiger partial charge in [0.05, 0.1) is 31.3 Å². The lowest BCUT2D eigenvalue weighted by molar-refractivity contribution is -0.121. The fraction of sp³-hybridized carbons (Fsp3) is 0.370. The van der Waals surface area contributed by atoms with Crippen LogP contribution in [0.3, 0.4) is 0 Å². The summed E-state index contributed by atoms with van der Waals surface area (Å²) in [5.74, 6) is 1.88.